The van der Waals surface area contributed by atoms with Crippen LogP contribution in [0.5, 0.6) is 0 Å². The number of aromatic nitrogens is 3. The summed E-state index contributed by atoms with van der Waals surface area (Å²) in [6, 6.07) is 4.19. The number of ether oxygens (including phenoxy) is 1. The molecular formula is C12H15N3OS2. The van der Waals surface area contributed by atoms with Crippen molar-refractivity contribution >= 4 is 23.6 Å². The molecule has 1 aliphatic heterocycles. The van der Waals surface area contributed by atoms with Crippen molar-refractivity contribution in [2.24, 2.45) is 0 Å². The Hall–Kier alpha value is -0.980. The van der Waals surface area contributed by atoms with Gasteiger partial charge in [0.2, 0.25) is 0 Å². The molecular weight excluding hydrogens is 266 g/mol. The number of aromatic amines is 1. The largest absolute Gasteiger partial charge is 0.376 e. The van der Waals surface area contributed by atoms with E-state index in [4.69, 9.17) is 17.0 Å². The van der Waals surface area contributed by atoms with Crippen molar-refractivity contribution in [2.45, 2.75) is 31.9 Å². The van der Waals surface area contributed by atoms with Gasteiger partial charge in [-0.05, 0) is 36.5 Å². The van der Waals surface area contributed by atoms with Crippen molar-refractivity contribution in [1.82, 2.24) is 14.8 Å². The van der Waals surface area contributed by atoms with Crippen LogP contribution in [0.2, 0.25) is 0 Å². The second-order valence-corrected chi connectivity index (χ2v) is 5.87. The average Bonchev–Trinajstić information content (AvgIpc) is 3.08. The Labute approximate surface area is 115 Å². The van der Waals surface area contributed by atoms with Gasteiger partial charge >= 0.3 is 0 Å². The summed E-state index contributed by atoms with van der Waals surface area (Å²) in [4.78, 5) is 1.30. The van der Waals surface area contributed by atoms with E-state index in [-0.39, 0.29) is 6.10 Å². The fraction of sp³-hybridized carbons (Fsp3) is 0.500. The standard InChI is InChI=1S/C12H15N3OS2/c17-12-14-13-11(7-10-4-2-6-18-10)15(12)8-9-3-1-5-16-9/h2,4,6,9H,1,3,5,7-8H2,(H,14,17)/t9-/m1/s1. The van der Waals surface area contributed by atoms with Gasteiger partial charge in [-0.25, -0.2) is 0 Å². The van der Waals surface area contributed by atoms with Crippen molar-refractivity contribution in [2.75, 3.05) is 6.61 Å². The third-order valence-electron chi connectivity index (χ3n) is 3.16. The molecule has 2 aromatic rings. The van der Waals surface area contributed by atoms with E-state index in [0.717, 1.165) is 38.2 Å². The number of rotatable bonds is 4. The highest BCUT2D eigenvalue weighted by atomic mass is 32.1. The van der Waals surface area contributed by atoms with E-state index in [0.29, 0.717) is 4.77 Å². The lowest BCUT2D eigenvalue weighted by molar-refractivity contribution is 0.0960. The fourth-order valence-corrected chi connectivity index (χ4v) is 3.16. The van der Waals surface area contributed by atoms with Gasteiger partial charge in [0, 0.05) is 17.9 Å². The number of hydrogen-bond donors (Lipinski definition) is 1. The van der Waals surface area contributed by atoms with Gasteiger partial charge in [-0.1, -0.05) is 6.07 Å². The predicted octanol–water partition coefficient (Wildman–Crippen LogP) is 2.77. The molecule has 3 heterocycles. The van der Waals surface area contributed by atoms with E-state index in [1.54, 1.807) is 11.3 Å². The molecule has 0 radical (unpaired) electrons. The molecule has 4 nitrogen and oxygen atoms in total. The maximum Gasteiger partial charge on any atom is 0.195 e. The van der Waals surface area contributed by atoms with Crippen LogP contribution < -0.4 is 0 Å². The molecule has 0 amide bonds. The Morgan fingerprint density at radius 3 is 3.28 bits per heavy atom. The maximum atomic E-state index is 5.67. The minimum Gasteiger partial charge on any atom is -0.376 e. The zero-order valence-corrected chi connectivity index (χ0v) is 11.6. The zero-order valence-electron chi connectivity index (χ0n) is 9.96. The summed E-state index contributed by atoms with van der Waals surface area (Å²) in [5, 5.41) is 9.30. The molecule has 3 rings (SSSR count). The molecule has 1 atom stereocenters. The highest BCUT2D eigenvalue weighted by Crippen LogP contribution is 2.17. The van der Waals surface area contributed by atoms with Crippen molar-refractivity contribution in [3.8, 4) is 0 Å². The molecule has 1 fully saturated rings. The lowest BCUT2D eigenvalue weighted by Crippen LogP contribution is -2.17. The lowest BCUT2D eigenvalue weighted by Gasteiger charge is -2.11. The molecule has 2 aromatic heterocycles. The molecule has 0 unspecified atom stereocenters. The van der Waals surface area contributed by atoms with Crippen LogP contribution in [0, 0.1) is 4.77 Å². The van der Waals surface area contributed by atoms with Crippen molar-refractivity contribution in [1.29, 1.82) is 0 Å². The maximum absolute atomic E-state index is 5.67. The van der Waals surface area contributed by atoms with Gasteiger partial charge in [-0.2, -0.15) is 5.10 Å². The molecule has 1 N–H and O–H groups in total. The highest BCUT2D eigenvalue weighted by molar-refractivity contribution is 7.71. The first-order valence-corrected chi connectivity index (χ1v) is 7.40. The Morgan fingerprint density at radius 2 is 2.56 bits per heavy atom. The first-order valence-electron chi connectivity index (χ1n) is 6.11. The van der Waals surface area contributed by atoms with E-state index in [1.165, 1.54) is 4.88 Å². The monoisotopic (exact) mass is 281 g/mol. The number of thiophene rings is 1. The van der Waals surface area contributed by atoms with Gasteiger partial charge < -0.3 is 9.30 Å². The van der Waals surface area contributed by atoms with Crippen molar-refractivity contribution in [3.05, 3.63) is 33.0 Å². The third kappa shape index (κ3) is 2.55. The number of hydrogen-bond acceptors (Lipinski definition) is 4. The highest BCUT2D eigenvalue weighted by Gasteiger charge is 2.18. The van der Waals surface area contributed by atoms with E-state index >= 15 is 0 Å². The quantitative estimate of drug-likeness (QED) is 0.876. The topological polar surface area (TPSA) is 42.8 Å². The van der Waals surface area contributed by atoms with Crippen LogP contribution in [0.15, 0.2) is 17.5 Å². The third-order valence-corrected chi connectivity index (χ3v) is 4.35. The predicted molar refractivity (Wildman–Crippen MR) is 73.5 cm³/mol. The van der Waals surface area contributed by atoms with Gasteiger partial charge in [-0.15, -0.1) is 11.3 Å². The first-order chi connectivity index (χ1) is 8.83. The Morgan fingerprint density at radius 1 is 1.61 bits per heavy atom. The minimum absolute atomic E-state index is 0.288. The number of H-pyrrole nitrogens is 1. The molecule has 0 bridgehead atoms. The summed E-state index contributed by atoms with van der Waals surface area (Å²) in [6.07, 6.45) is 3.38. The van der Waals surface area contributed by atoms with Crippen LogP contribution in [-0.2, 0) is 17.7 Å². The van der Waals surface area contributed by atoms with Crippen LogP contribution in [0.25, 0.3) is 0 Å². The molecule has 0 spiro atoms. The second kappa shape index (κ2) is 5.34. The average molecular weight is 281 g/mol. The van der Waals surface area contributed by atoms with E-state index in [1.807, 2.05) is 0 Å². The lowest BCUT2D eigenvalue weighted by atomic mass is 10.2. The number of nitrogens with one attached hydrogen (secondary N) is 1. The van der Waals surface area contributed by atoms with Gasteiger partial charge in [-0.3, -0.25) is 5.10 Å². The van der Waals surface area contributed by atoms with Crippen LogP contribution in [-0.4, -0.2) is 27.5 Å². The van der Waals surface area contributed by atoms with Crippen LogP contribution in [0.1, 0.15) is 23.5 Å². The van der Waals surface area contributed by atoms with Gasteiger partial charge in [0.05, 0.1) is 12.6 Å². The van der Waals surface area contributed by atoms with Crippen LogP contribution >= 0.6 is 23.6 Å². The minimum atomic E-state index is 0.288. The summed E-state index contributed by atoms with van der Waals surface area (Å²) < 4.78 is 8.43. The van der Waals surface area contributed by atoms with Gasteiger partial charge in [0.15, 0.2) is 4.77 Å². The smallest absolute Gasteiger partial charge is 0.195 e. The van der Waals surface area contributed by atoms with Gasteiger partial charge in [0.25, 0.3) is 0 Å². The molecule has 0 saturated carbocycles. The summed E-state index contributed by atoms with van der Waals surface area (Å²) in [5.74, 6) is 0.998. The van der Waals surface area contributed by atoms with E-state index < -0.39 is 0 Å². The Bertz CT molecular complexity index is 552. The summed E-state index contributed by atoms with van der Waals surface area (Å²) in [7, 11) is 0. The van der Waals surface area contributed by atoms with Crippen LogP contribution in [0.3, 0.4) is 0 Å². The van der Waals surface area contributed by atoms with Crippen LogP contribution in [0.4, 0.5) is 0 Å². The zero-order chi connectivity index (χ0) is 12.4. The fourth-order valence-electron chi connectivity index (χ4n) is 2.23. The van der Waals surface area contributed by atoms with E-state index in [2.05, 4.69) is 32.3 Å². The Balaban J connectivity index is 1.79. The summed E-state index contributed by atoms with van der Waals surface area (Å²) >= 11 is 7.04. The van der Waals surface area contributed by atoms with E-state index in [9.17, 15) is 0 Å². The summed E-state index contributed by atoms with van der Waals surface area (Å²) in [6.45, 7) is 1.69. The molecule has 96 valence electrons. The van der Waals surface area contributed by atoms with Crippen molar-refractivity contribution < 1.29 is 4.74 Å². The Kier molecular flexibility index (Phi) is 3.58. The second-order valence-electron chi connectivity index (χ2n) is 4.45. The van der Waals surface area contributed by atoms with Gasteiger partial charge in [0.1, 0.15) is 5.82 Å². The molecule has 1 saturated heterocycles. The van der Waals surface area contributed by atoms with Crippen molar-refractivity contribution in [3.63, 3.8) is 0 Å². The normalized spacial score (nSPS) is 19.4. The number of nitrogens with zero attached hydrogens (tertiary/aromatic N) is 2. The molecule has 0 aliphatic carbocycles. The molecule has 1 aliphatic rings. The molecule has 6 heteroatoms. The molecule has 0 aromatic carbocycles. The first kappa shape index (κ1) is 12.1. The SMILES string of the molecule is S=c1[nH]nc(Cc2cccs2)n1C[C@H]1CCCO1. The summed E-state index contributed by atoms with van der Waals surface area (Å²) in [5.41, 5.74) is 0. The molecule has 18 heavy (non-hydrogen) atoms.